The quantitative estimate of drug-likeness (QED) is 0.417. The Morgan fingerprint density at radius 3 is 2.70 bits per heavy atom. The second kappa shape index (κ2) is 7.66. The van der Waals surface area contributed by atoms with Crippen LogP contribution >= 0.6 is 0 Å². The molecule has 0 bridgehead atoms. The predicted octanol–water partition coefficient (Wildman–Crippen LogP) is 4.21. The van der Waals surface area contributed by atoms with Crippen molar-refractivity contribution >= 4 is 31.9 Å². The van der Waals surface area contributed by atoms with E-state index in [1.165, 1.54) is 19.4 Å². The number of imidazole rings is 1. The van der Waals surface area contributed by atoms with Crippen molar-refractivity contribution in [3.63, 3.8) is 0 Å². The number of H-pyrrole nitrogens is 1. The van der Waals surface area contributed by atoms with Gasteiger partial charge >= 0.3 is 0 Å². The number of aryl methyl sites for hydroxylation is 1. The van der Waals surface area contributed by atoms with Crippen LogP contribution in [0.4, 0.5) is 4.39 Å². The molecule has 0 spiro atoms. The third-order valence-corrected chi connectivity index (χ3v) is 6.81. The van der Waals surface area contributed by atoms with Crippen LogP contribution in [0.5, 0.6) is 5.75 Å². The van der Waals surface area contributed by atoms with Gasteiger partial charge in [-0.1, -0.05) is 6.07 Å². The Kier molecular flexibility index (Phi) is 4.89. The van der Waals surface area contributed by atoms with Gasteiger partial charge in [0, 0.05) is 47.1 Å². The van der Waals surface area contributed by atoms with Gasteiger partial charge in [-0.05, 0) is 30.7 Å². The third-order valence-electron chi connectivity index (χ3n) is 5.68. The maximum Gasteiger partial charge on any atom is 0.183 e. The van der Waals surface area contributed by atoms with Gasteiger partial charge in [0.05, 0.1) is 30.0 Å². The summed E-state index contributed by atoms with van der Waals surface area (Å²) in [6.45, 7) is 2.68. The Labute approximate surface area is 189 Å². The monoisotopic (exact) mass is 465 g/mol. The van der Waals surface area contributed by atoms with Gasteiger partial charge < -0.3 is 14.3 Å². The Morgan fingerprint density at radius 2 is 1.97 bits per heavy atom. The van der Waals surface area contributed by atoms with E-state index in [0.29, 0.717) is 51.1 Å². The lowest BCUT2D eigenvalue weighted by molar-refractivity contribution is 0.416. The van der Waals surface area contributed by atoms with E-state index in [2.05, 4.69) is 20.2 Å². The number of rotatable bonds is 5. The first-order chi connectivity index (χ1) is 15.8. The van der Waals surface area contributed by atoms with E-state index in [1.807, 2.05) is 11.5 Å². The molecule has 168 valence electrons. The Balaban J connectivity index is 1.75. The first kappa shape index (κ1) is 21.1. The molecule has 0 saturated carbocycles. The molecule has 0 radical (unpaired) electrons. The normalized spacial score (nSPS) is 12.0. The lowest BCUT2D eigenvalue weighted by Crippen LogP contribution is -1.97. The van der Waals surface area contributed by atoms with Crippen LogP contribution in [0.3, 0.4) is 0 Å². The minimum Gasteiger partial charge on any atom is -0.496 e. The summed E-state index contributed by atoms with van der Waals surface area (Å²) in [5.74, 6) is -0.0566. The molecule has 3 aromatic heterocycles. The number of aromatic nitrogens is 5. The van der Waals surface area contributed by atoms with Gasteiger partial charge in [-0.15, -0.1) is 5.10 Å². The molecule has 0 amide bonds. The SMILES string of the molecule is CCn1cnc2c(-c3ccc(F)c(-c4cc5c(S(C)(=O)=O)c[nH]c5cc4OC)c3)cnnc21. The number of benzene rings is 2. The molecule has 5 rings (SSSR count). The molecule has 8 nitrogen and oxygen atoms in total. The lowest BCUT2D eigenvalue weighted by atomic mass is 9.97. The van der Waals surface area contributed by atoms with E-state index in [0.717, 1.165) is 6.26 Å². The number of hydrogen-bond acceptors (Lipinski definition) is 6. The van der Waals surface area contributed by atoms with E-state index < -0.39 is 15.7 Å². The maximum atomic E-state index is 15.1. The highest BCUT2D eigenvalue weighted by Gasteiger charge is 2.20. The molecular formula is C23H20FN5O3S. The molecule has 3 heterocycles. The van der Waals surface area contributed by atoms with Crippen LogP contribution in [0.2, 0.25) is 0 Å². The molecule has 0 unspecified atom stereocenters. The first-order valence-electron chi connectivity index (χ1n) is 10.2. The zero-order valence-electron chi connectivity index (χ0n) is 18.1. The minimum absolute atomic E-state index is 0.142. The molecule has 33 heavy (non-hydrogen) atoms. The zero-order chi connectivity index (χ0) is 23.3. The van der Waals surface area contributed by atoms with Crippen molar-refractivity contribution in [3.05, 3.63) is 54.9 Å². The highest BCUT2D eigenvalue weighted by Crippen LogP contribution is 2.39. The fraction of sp³-hybridized carbons (Fsp3) is 0.174. The van der Waals surface area contributed by atoms with E-state index in [-0.39, 0.29) is 10.5 Å². The number of methoxy groups -OCH3 is 1. The molecular weight excluding hydrogens is 445 g/mol. The maximum absolute atomic E-state index is 15.1. The molecule has 0 atom stereocenters. The molecule has 0 fully saturated rings. The van der Waals surface area contributed by atoms with Gasteiger partial charge in [-0.25, -0.2) is 17.8 Å². The summed E-state index contributed by atoms with van der Waals surface area (Å²) in [5.41, 5.74) is 4.01. The summed E-state index contributed by atoms with van der Waals surface area (Å²) in [5, 5.41) is 8.75. The van der Waals surface area contributed by atoms with Crippen molar-refractivity contribution in [1.82, 2.24) is 24.7 Å². The number of ether oxygens (including phenoxy) is 1. The van der Waals surface area contributed by atoms with Crippen LogP contribution in [0.15, 0.2) is 53.9 Å². The minimum atomic E-state index is -3.48. The van der Waals surface area contributed by atoms with Crippen LogP contribution in [-0.2, 0) is 16.4 Å². The third kappa shape index (κ3) is 3.43. The molecule has 1 N–H and O–H groups in total. The van der Waals surface area contributed by atoms with Crippen molar-refractivity contribution in [3.8, 4) is 28.0 Å². The molecule has 0 aliphatic heterocycles. The van der Waals surface area contributed by atoms with Gasteiger partial charge in [0.25, 0.3) is 0 Å². The lowest BCUT2D eigenvalue weighted by Gasteiger charge is -2.12. The van der Waals surface area contributed by atoms with E-state index in [9.17, 15) is 8.42 Å². The van der Waals surface area contributed by atoms with Crippen molar-refractivity contribution in [2.24, 2.45) is 0 Å². The first-order valence-corrected chi connectivity index (χ1v) is 12.1. The second-order valence-electron chi connectivity index (χ2n) is 7.68. The number of nitrogens with zero attached hydrogens (tertiary/aromatic N) is 4. The average Bonchev–Trinajstić information content (AvgIpc) is 3.42. The summed E-state index contributed by atoms with van der Waals surface area (Å²) in [4.78, 5) is 7.56. The standard InChI is InChI=1S/C23H20FN5O3S/c1-4-29-12-26-22-17(10-27-28-23(22)29)13-5-6-18(24)14(7-13)15-8-16-19(9-20(15)32-2)25-11-21(16)33(3,30)31/h5-12,25H,4H2,1-3H3. The van der Waals surface area contributed by atoms with Crippen LogP contribution in [0, 0.1) is 5.82 Å². The zero-order valence-corrected chi connectivity index (χ0v) is 18.9. The summed E-state index contributed by atoms with van der Waals surface area (Å²) in [6, 6.07) is 8.01. The van der Waals surface area contributed by atoms with E-state index in [4.69, 9.17) is 4.74 Å². The van der Waals surface area contributed by atoms with Gasteiger partial charge in [0.1, 0.15) is 17.1 Å². The van der Waals surface area contributed by atoms with Gasteiger partial charge in [0.2, 0.25) is 0 Å². The van der Waals surface area contributed by atoms with Crippen LogP contribution in [-0.4, -0.2) is 46.5 Å². The molecule has 10 heteroatoms. The predicted molar refractivity (Wildman–Crippen MR) is 123 cm³/mol. The largest absolute Gasteiger partial charge is 0.496 e. The highest BCUT2D eigenvalue weighted by atomic mass is 32.2. The fourth-order valence-electron chi connectivity index (χ4n) is 4.03. The number of halogens is 1. The molecule has 0 saturated heterocycles. The summed E-state index contributed by atoms with van der Waals surface area (Å²) < 4.78 is 46.9. The average molecular weight is 466 g/mol. The molecule has 0 aliphatic carbocycles. The fourth-order valence-corrected chi connectivity index (χ4v) is 4.87. The van der Waals surface area contributed by atoms with Crippen molar-refractivity contribution in [2.75, 3.05) is 13.4 Å². The number of aromatic amines is 1. The van der Waals surface area contributed by atoms with Crippen molar-refractivity contribution in [2.45, 2.75) is 18.4 Å². The summed E-state index contributed by atoms with van der Waals surface area (Å²) in [6.07, 6.45) is 5.86. The van der Waals surface area contributed by atoms with Crippen molar-refractivity contribution < 1.29 is 17.5 Å². The Bertz CT molecular complexity index is 1640. The van der Waals surface area contributed by atoms with Crippen LogP contribution in [0.1, 0.15) is 6.92 Å². The molecule has 5 aromatic rings. The smallest absolute Gasteiger partial charge is 0.183 e. The van der Waals surface area contributed by atoms with Gasteiger partial charge in [-0.2, -0.15) is 5.10 Å². The topological polar surface area (TPSA) is 103 Å². The summed E-state index contributed by atoms with van der Waals surface area (Å²) in [7, 11) is -2.00. The molecule has 2 aromatic carbocycles. The Morgan fingerprint density at radius 1 is 1.15 bits per heavy atom. The van der Waals surface area contributed by atoms with Gasteiger partial charge in [-0.3, -0.25) is 0 Å². The Hall–Kier alpha value is -3.79. The van der Waals surface area contributed by atoms with Crippen molar-refractivity contribution in [1.29, 1.82) is 0 Å². The number of fused-ring (bicyclic) bond motifs is 2. The van der Waals surface area contributed by atoms with Crippen LogP contribution < -0.4 is 4.74 Å². The number of sulfone groups is 1. The van der Waals surface area contributed by atoms with Gasteiger partial charge in [0.15, 0.2) is 15.5 Å². The van der Waals surface area contributed by atoms with Crippen LogP contribution in [0.25, 0.3) is 44.3 Å². The van der Waals surface area contributed by atoms with E-state index >= 15 is 4.39 Å². The highest BCUT2D eigenvalue weighted by molar-refractivity contribution is 7.91. The number of nitrogens with one attached hydrogen (secondary N) is 1. The second-order valence-corrected chi connectivity index (χ2v) is 9.66. The summed E-state index contributed by atoms with van der Waals surface area (Å²) >= 11 is 0. The van der Waals surface area contributed by atoms with E-state index in [1.54, 1.807) is 36.8 Å². The number of hydrogen-bond donors (Lipinski definition) is 1. The molecule has 0 aliphatic rings.